The van der Waals surface area contributed by atoms with Crippen LogP contribution in [0.25, 0.3) is 0 Å². The molecule has 1 aromatic carbocycles. The first-order chi connectivity index (χ1) is 9.10. The molecule has 0 saturated heterocycles. The van der Waals surface area contributed by atoms with E-state index in [9.17, 15) is 4.79 Å². The molecule has 2 rings (SSSR count). The molecule has 0 aliphatic heterocycles. The number of nitrogens with one attached hydrogen (secondary N) is 1. The minimum atomic E-state index is -0.303. The Labute approximate surface area is 125 Å². The highest BCUT2D eigenvalue weighted by atomic mass is 35.5. The Hall–Kier alpha value is -1.23. The summed E-state index contributed by atoms with van der Waals surface area (Å²) < 4.78 is 1.64. The maximum Gasteiger partial charge on any atom is 0.240 e. The summed E-state index contributed by atoms with van der Waals surface area (Å²) in [4.78, 5) is 11.1. The van der Waals surface area contributed by atoms with Crippen molar-refractivity contribution < 1.29 is 4.79 Å². The molecule has 7 heteroatoms. The van der Waals surface area contributed by atoms with E-state index in [1.807, 2.05) is 0 Å². The third-order valence-corrected chi connectivity index (χ3v) is 3.36. The van der Waals surface area contributed by atoms with Crippen LogP contribution in [0.3, 0.4) is 0 Å². The first-order valence-electron chi connectivity index (χ1n) is 5.42. The average molecular weight is 319 g/mol. The number of hydrogen-bond acceptors (Lipinski definition) is 2. The molecule has 100 valence electrons. The van der Waals surface area contributed by atoms with Crippen molar-refractivity contribution in [2.45, 2.75) is 6.54 Å². The monoisotopic (exact) mass is 317 g/mol. The molecule has 0 aliphatic rings. The van der Waals surface area contributed by atoms with Crippen molar-refractivity contribution in [1.29, 1.82) is 0 Å². The molecule has 2 aromatic rings. The van der Waals surface area contributed by atoms with Crippen LogP contribution in [0.4, 0.5) is 5.82 Å². The molecule has 1 N–H and O–H groups in total. The maximum absolute atomic E-state index is 11.1. The van der Waals surface area contributed by atoms with Gasteiger partial charge >= 0.3 is 0 Å². The lowest BCUT2D eigenvalue weighted by Crippen LogP contribution is -2.13. The fourth-order valence-corrected chi connectivity index (χ4v) is 2.12. The lowest BCUT2D eigenvalue weighted by Gasteiger charge is -2.06. The van der Waals surface area contributed by atoms with Gasteiger partial charge in [0.05, 0.1) is 6.54 Å². The lowest BCUT2D eigenvalue weighted by atomic mass is 10.2. The van der Waals surface area contributed by atoms with Gasteiger partial charge in [0.25, 0.3) is 0 Å². The second-order valence-electron chi connectivity index (χ2n) is 3.78. The van der Waals surface area contributed by atoms with Gasteiger partial charge < -0.3 is 5.32 Å². The van der Waals surface area contributed by atoms with E-state index in [1.54, 1.807) is 35.1 Å². The summed E-state index contributed by atoms with van der Waals surface area (Å²) in [6.07, 6.45) is 1.73. The minimum Gasteiger partial charge on any atom is -0.308 e. The molecule has 0 bridgehead atoms. The van der Waals surface area contributed by atoms with Gasteiger partial charge in [-0.2, -0.15) is 5.10 Å². The van der Waals surface area contributed by atoms with Crippen molar-refractivity contribution in [3.8, 4) is 0 Å². The van der Waals surface area contributed by atoms with Crippen molar-refractivity contribution in [2.75, 3.05) is 11.2 Å². The van der Waals surface area contributed by atoms with Crippen molar-refractivity contribution in [2.24, 2.45) is 0 Å². The lowest BCUT2D eigenvalue weighted by molar-refractivity contribution is -0.113. The van der Waals surface area contributed by atoms with Crippen molar-refractivity contribution in [3.63, 3.8) is 0 Å². The molecule has 0 spiro atoms. The predicted molar refractivity (Wildman–Crippen MR) is 77.1 cm³/mol. The fraction of sp³-hybridized carbons (Fsp3) is 0.167. The van der Waals surface area contributed by atoms with Gasteiger partial charge in [-0.3, -0.25) is 9.48 Å². The highest BCUT2D eigenvalue weighted by molar-refractivity contribution is 6.36. The maximum atomic E-state index is 11.1. The van der Waals surface area contributed by atoms with E-state index < -0.39 is 0 Å². The highest BCUT2D eigenvalue weighted by Gasteiger charge is 2.08. The van der Waals surface area contributed by atoms with E-state index in [2.05, 4.69) is 10.4 Å². The van der Waals surface area contributed by atoms with Gasteiger partial charge in [0.2, 0.25) is 5.91 Å². The van der Waals surface area contributed by atoms with Crippen molar-refractivity contribution >= 4 is 46.5 Å². The van der Waals surface area contributed by atoms with Crippen LogP contribution in [-0.4, -0.2) is 21.6 Å². The Morgan fingerprint density at radius 3 is 2.58 bits per heavy atom. The van der Waals surface area contributed by atoms with E-state index in [0.29, 0.717) is 22.4 Å². The van der Waals surface area contributed by atoms with E-state index >= 15 is 0 Å². The van der Waals surface area contributed by atoms with Crippen LogP contribution in [0, 0.1) is 0 Å². The zero-order chi connectivity index (χ0) is 13.8. The smallest absolute Gasteiger partial charge is 0.240 e. The second kappa shape index (κ2) is 6.28. The molecule has 1 amide bonds. The van der Waals surface area contributed by atoms with Gasteiger partial charge in [-0.05, 0) is 12.1 Å². The van der Waals surface area contributed by atoms with Crippen molar-refractivity contribution in [3.05, 3.63) is 46.1 Å². The van der Waals surface area contributed by atoms with Gasteiger partial charge in [0.15, 0.2) is 5.82 Å². The molecule has 0 aliphatic carbocycles. The van der Waals surface area contributed by atoms with Crippen LogP contribution in [0.15, 0.2) is 30.5 Å². The number of amides is 1. The van der Waals surface area contributed by atoms with Crippen LogP contribution in [0.5, 0.6) is 0 Å². The molecule has 19 heavy (non-hydrogen) atoms. The highest BCUT2D eigenvalue weighted by Crippen LogP contribution is 2.25. The minimum absolute atomic E-state index is 0.108. The molecule has 0 atom stereocenters. The van der Waals surface area contributed by atoms with Crippen LogP contribution < -0.4 is 5.32 Å². The molecule has 0 unspecified atom stereocenters. The fourth-order valence-electron chi connectivity index (χ4n) is 1.54. The van der Waals surface area contributed by atoms with Gasteiger partial charge in [-0.15, -0.1) is 11.6 Å². The molecule has 0 saturated carbocycles. The number of alkyl halides is 1. The van der Waals surface area contributed by atoms with E-state index in [1.165, 1.54) is 0 Å². The van der Waals surface area contributed by atoms with E-state index in [0.717, 1.165) is 5.56 Å². The number of hydrogen-bond donors (Lipinski definition) is 1. The molecular formula is C12H10Cl3N3O. The normalized spacial score (nSPS) is 10.5. The molecule has 0 fully saturated rings. The number of halogens is 3. The number of carbonyl (C=O) groups is 1. The summed E-state index contributed by atoms with van der Waals surface area (Å²) in [5.41, 5.74) is 0.782. The molecule has 4 nitrogen and oxygen atoms in total. The van der Waals surface area contributed by atoms with Gasteiger partial charge in [0, 0.05) is 27.9 Å². The number of nitrogens with zero attached hydrogens (tertiary/aromatic N) is 2. The Morgan fingerprint density at radius 1 is 1.26 bits per heavy atom. The zero-order valence-electron chi connectivity index (χ0n) is 9.74. The third-order valence-electron chi connectivity index (χ3n) is 2.41. The molecular weight excluding hydrogens is 309 g/mol. The predicted octanol–water partition coefficient (Wildman–Crippen LogP) is 3.42. The topological polar surface area (TPSA) is 46.9 Å². The Kier molecular flexibility index (Phi) is 4.69. The van der Waals surface area contributed by atoms with Gasteiger partial charge in [-0.25, -0.2) is 0 Å². The SMILES string of the molecule is O=C(CCl)Nc1ccn(Cc2c(Cl)cccc2Cl)n1. The Balaban J connectivity index is 2.14. The summed E-state index contributed by atoms with van der Waals surface area (Å²) in [7, 11) is 0. The van der Waals surface area contributed by atoms with Gasteiger partial charge in [0.1, 0.15) is 5.88 Å². The van der Waals surface area contributed by atoms with Crippen LogP contribution in [0.1, 0.15) is 5.56 Å². The largest absolute Gasteiger partial charge is 0.308 e. The first-order valence-corrected chi connectivity index (χ1v) is 6.71. The summed E-state index contributed by atoms with van der Waals surface area (Å²) in [5, 5.41) is 7.90. The number of carbonyl (C=O) groups excluding carboxylic acids is 1. The van der Waals surface area contributed by atoms with E-state index in [-0.39, 0.29) is 11.8 Å². The van der Waals surface area contributed by atoms with E-state index in [4.69, 9.17) is 34.8 Å². The summed E-state index contributed by atoms with van der Waals surface area (Å²) in [6.45, 7) is 0.426. The third kappa shape index (κ3) is 3.62. The van der Waals surface area contributed by atoms with Crippen LogP contribution >= 0.6 is 34.8 Å². The number of benzene rings is 1. The quantitative estimate of drug-likeness (QED) is 0.878. The number of rotatable bonds is 4. The number of anilines is 1. The Morgan fingerprint density at radius 2 is 1.95 bits per heavy atom. The first kappa shape index (κ1) is 14.2. The molecule has 0 radical (unpaired) electrons. The average Bonchev–Trinajstić information content (AvgIpc) is 2.81. The summed E-state index contributed by atoms with van der Waals surface area (Å²) in [5.74, 6) is 0.0277. The molecule has 1 heterocycles. The summed E-state index contributed by atoms with van der Waals surface area (Å²) in [6, 6.07) is 6.99. The van der Waals surface area contributed by atoms with Gasteiger partial charge in [-0.1, -0.05) is 29.3 Å². The Bertz CT molecular complexity index is 577. The summed E-state index contributed by atoms with van der Waals surface area (Å²) >= 11 is 17.6. The number of aromatic nitrogens is 2. The molecule has 1 aromatic heterocycles. The van der Waals surface area contributed by atoms with Crippen LogP contribution in [-0.2, 0) is 11.3 Å². The second-order valence-corrected chi connectivity index (χ2v) is 4.86. The zero-order valence-corrected chi connectivity index (χ0v) is 12.0. The standard InChI is InChI=1S/C12H10Cl3N3O/c13-6-12(19)16-11-4-5-18(17-11)7-8-9(14)2-1-3-10(8)15/h1-5H,6-7H2,(H,16,17,19). The van der Waals surface area contributed by atoms with Crippen LogP contribution in [0.2, 0.25) is 10.0 Å². The van der Waals surface area contributed by atoms with Crippen molar-refractivity contribution in [1.82, 2.24) is 9.78 Å².